The number of aryl methyl sites for hydroxylation is 1. The molecule has 29 heavy (non-hydrogen) atoms. The van der Waals surface area contributed by atoms with Crippen LogP contribution >= 0.6 is 0 Å². The highest BCUT2D eigenvalue weighted by molar-refractivity contribution is 5.95. The molecule has 0 aliphatic carbocycles. The van der Waals surface area contributed by atoms with Crippen LogP contribution in [0.4, 0.5) is 20.2 Å². The predicted octanol–water partition coefficient (Wildman–Crippen LogP) is 3.11. The summed E-state index contributed by atoms with van der Waals surface area (Å²) in [5, 5.41) is 5.44. The van der Waals surface area contributed by atoms with E-state index in [0.29, 0.717) is 11.4 Å². The van der Waals surface area contributed by atoms with Gasteiger partial charge in [-0.25, -0.2) is 0 Å². The van der Waals surface area contributed by atoms with Crippen molar-refractivity contribution in [3.05, 3.63) is 48.0 Å². The molecule has 0 unspecified atom stereocenters. The summed E-state index contributed by atoms with van der Waals surface area (Å²) in [6, 6.07) is 11.2. The van der Waals surface area contributed by atoms with Gasteiger partial charge in [-0.1, -0.05) is 18.2 Å². The van der Waals surface area contributed by atoms with Crippen molar-refractivity contribution in [2.75, 3.05) is 37.9 Å². The molecule has 0 radical (unpaired) electrons. The molecule has 2 N–H and O–H groups in total. The minimum Gasteiger partial charge on any atom is -0.482 e. The maximum Gasteiger partial charge on any atom is 0.387 e. The van der Waals surface area contributed by atoms with Crippen LogP contribution in [-0.4, -0.2) is 50.6 Å². The van der Waals surface area contributed by atoms with Gasteiger partial charge in [0, 0.05) is 14.1 Å². The minimum atomic E-state index is -3.00. The average Bonchev–Trinajstić information content (AvgIpc) is 2.66. The molecule has 0 aliphatic heterocycles. The van der Waals surface area contributed by atoms with Crippen molar-refractivity contribution in [3.63, 3.8) is 0 Å². The number of halogens is 2. The molecule has 0 saturated carbocycles. The van der Waals surface area contributed by atoms with E-state index in [0.717, 1.165) is 5.56 Å². The van der Waals surface area contributed by atoms with Gasteiger partial charge in [0.15, 0.2) is 6.61 Å². The molecule has 7 nitrogen and oxygen atoms in total. The zero-order valence-electron chi connectivity index (χ0n) is 16.4. The van der Waals surface area contributed by atoms with Crippen molar-refractivity contribution in [3.8, 4) is 11.5 Å². The second-order valence-electron chi connectivity index (χ2n) is 6.35. The summed E-state index contributed by atoms with van der Waals surface area (Å²) in [7, 11) is 3.25. The number of ether oxygens (including phenoxy) is 2. The highest BCUT2D eigenvalue weighted by Crippen LogP contribution is 2.27. The fourth-order valence-electron chi connectivity index (χ4n) is 2.30. The summed E-state index contributed by atoms with van der Waals surface area (Å²) in [6.07, 6.45) is 0. The Morgan fingerprint density at radius 1 is 1.07 bits per heavy atom. The Balaban J connectivity index is 2.01. The molecule has 0 aromatic heterocycles. The number of anilines is 2. The summed E-state index contributed by atoms with van der Waals surface area (Å²) in [4.78, 5) is 25.4. The smallest absolute Gasteiger partial charge is 0.387 e. The molecule has 2 aromatic carbocycles. The molecule has 0 aliphatic rings. The minimum absolute atomic E-state index is 0.127. The molecule has 0 spiro atoms. The molecule has 0 saturated heterocycles. The second kappa shape index (κ2) is 10.3. The number of para-hydroxylation sites is 2. The van der Waals surface area contributed by atoms with Crippen LogP contribution in [-0.2, 0) is 9.59 Å². The van der Waals surface area contributed by atoms with Gasteiger partial charge in [0.05, 0.1) is 17.9 Å². The van der Waals surface area contributed by atoms with Gasteiger partial charge in [0.2, 0.25) is 5.91 Å². The predicted molar refractivity (Wildman–Crippen MR) is 106 cm³/mol. The number of nitrogens with zero attached hydrogens (tertiary/aromatic N) is 1. The molecule has 9 heteroatoms. The van der Waals surface area contributed by atoms with E-state index in [2.05, 4.69) is 15.4 Å². The largest absolute Gasteiger partial charge is 0.482 e. The third kappa shape index (κ3) is 6.95. The number of likely N-dealkylation sites (N-methyl/N-ethyl adjacent to an activating group) is 1. The maximum absolute atomic E-state index is 12.5. The van der Waals surface area contributed by atoms with Gasteiger partial charge in [-0.15, -0.1) is 0 Å². The number of carbonyl (C=O) groups is 2. The zero-order valence-corrected chi connectivity index (χ0v) is 16.4. The van der Waals surface area contributed by atoms with Crippen LogP contribution < -0.4 is 20.1 Å². The van der Waals surface area contributed by atoms with Crippen molar-refractivity contribution in [2.24, 2.45) is 0 Å². The van der Waals surface area contributed by atoms with Crippen molar-refractivity contribution in [1.29, 1.82) is 0 Å². The Hall–Kier alpha value is -3.36. The van der Waals surface area contributed by atoms with Gasteiger partial charge in [-0.3, -0.25) is 9.59 Å². The van der Waals surface area contributed by atoms with E-state index in [4.69, 9.17) is 4.74 Å². The van der Waals surface area contributed by atoms with Crippen LogP contribution in [0.2, 0.25) is 0 Å². The number of hydrogen-bond acceptors (Lipinski definition) is 5. The van der Waals surface area contributed by atoms with Crippen molar-refractivity contribution < 1.29 is 27.8 Å². The lowest BCUT2D eigenvalue weighted by Gasteiger charge is -2.16. The summed E-state index contributed by atoms with van der Waals surface area (Å²) in [5.74, 6) is -0.371. The van der Waals surface area contributed by atoms with Gasteiger partial charge >= 0.3 is 6.61 Å². The third-order valence-corrected chi connectivity index (χ3v) is 3.80. The summed E-state index contributed by atoms with van der Waals surface area (Å²) in [5.41, 5.74) is 1.58. The number of hydrogen-bond donors (Lipinski definition) is 2. The number of carbonyl (C=O) groups excluding carboxylic acids is 2. The Morgan fingerprint density at radius 3 is 2.48 bits per heavy atom. The second-order valence-corrected chi connectivity index (χ2v) is 6.35. The first-order valence-electron chi connectivity index (χ1n) is 8.77. The number of benzene rings is 2. The average molecular weight is 407 g/mol. The van der Waals surface area contributed by atoms with Crippen LogP contribution in [0.15, 0.2) is 42.5 Å². The van der Waals surface area contributed by atoms with Gasteiger partial charge in [-0.2, -0.15) is 8.78 Å². The molecule has 156 valence electrons. The third-order valence-electron chi connectivity index (χ3n) is 3.80. The first-order chi connectivity index (χ1) is 13.8. The van der Waals surface area contributed by atoms with Crippen molar-refractivity contribution >= 4 is 23.2 Å². The lowest BCUT2D eigenvalue weighted by atomic mass is 10.2. The van der Waals surface area contributed by atoms with Crippen LogP contribution in [0.3, 0.4) is 0 Å². The number of alkyl halides is 2. The molecule has 0 bridgehead atoms. The lowest BCUT2D eigenvalue weighted by Crippen LogP contribution is -2.28. The molecule has 2 rings (SSSR count). The Labute approximate surface area is 167 Å². The molecule has 2 aromatic rings. The van der Waals surface area contributed by atoms with Gasteiger partial charge < -0.3 is 25.0 Å². The number of amides is 2. The maximum atomic E-state index is 12.5. The van der Waals surface area contributed by atoms with Gasteiger partial charge in [0.25, 0.3) is 5.91 Å². The van der Waals surface area contributed by atoms with Gasteiger partial charge in [-0.05, 0) is 36.8 Å². The summed E-state index contributed by atoms with van der Waals surface area (Å²) < 4.78 is 34.9. The highest BCUT2D eigenvalue weighted by atomic mass is 19.3. The fraction of sp³-hybridized carbons (Fsp3) is 0.300. The summed E-state index contributed by atoms with van der Waals surface area (Å²) >= 11 is 0. The van der Waals surface area contributed by atoms with E-state index in [1.165, 1.54) is 23.1 Å². The molecular formula is C20H23F2N3O4. The quantitative estimate of drug-likeness (QED) is 0.668. The lowest BCUT2D eigenvalue weighted by molar-refractivity contribution is -0.130. The first-order valence-corrected chi connectivity index (χ1v) is 8.77. The van der Waals surface area contributed by atoms with Crippen molar-refractivity contribution in [2.45, 2.75) is 13.5 Å². The Morgan fingerprint density at radius 2 is 1.79 bits per heavy atom. The van der Waals surface area contributed by atoms with E-state index in [-0.39, 0.29) is 30.5 Å². The van der Waals surface area contributed by atoms with Crippen LogP contribution in [0, 0.1) is 6.92 Å². The van der Waals surface area contributed by atoms with E-state index >= 15 is 0 Å². The molecule has 0 atom stereocenters. The van der Waals surface area contributed by atoms with Gasteiger partial charge in [0.1, 0.15) is 11.5 Å². The van der Waals surface area contributed by atoms with Crippen LogP contribution in [0.5, 0.6) is 11.5 Å². The SMILES string of the molecule is Cc1ccc(NCC(=O)Nc2ccccc2OC(F)F)c(OCC(=O)N(C)C)c1. The Kier molecular flexibility index (Phi) is 7.76. The zero-order chi connectivity index (χ0) is 21.4. The van der Waals surface area contributed by atoms with E-state index in [1.54, 1.807) is 32.3 Å². The normalized spacial score (nSPS) is 10.4. The van der Waals surface area contributed by atoms with Crippen LogP contribution in [0.25, 0.3) is 0 Å². The first kappa shape index (κ1) is 21.9. The number of nitrogens with one attached hydrogen (secondary N) is 2. The molecule has 0 heterocycles. The highest BCUT2D eigenvalue weighted by Gasteiger charge is 2.13. The van der Waals surface area contributed by atoms with E-state index in [9.17, 15) is 18.4 Å². The molecular weight excluding hydrogens is 384 g/mol. The standard InChI is InChI=1S/C20H23F2N3O4/c1-13-8-9-14(17(10-13)28-12-19(27)25(2)3)23-11-18(26)24-15-6-4-5-7-16(15)29-20(21)22/h4-10,20,23H,11-12H2,1-3H3,(H,24,26). The molecule has 2 amide bonds. The Bertz CT molecular complexity index is 859. The number of rotatable bonds is 9. The topological polar surface area (TPSA) is 79.9 Å². The fourth-order valence-corrected chi connectivity index (χ4v) is 2.30. The molecule has 0 fully saturated rings. The van der Waals surface area contributed by atoms with Crippen LogP contribution in [0.1, 0.15) is 5.56 Å². The van der Waals surface area contributed by atoms with Crippen molar-refractivity contribution in [1.82, 2.24) is 4.90 Å². The monoisotopic (exact) mass is 407 g/mol. The summed E-state index contributed by atoms with van der Waals surface area (Å²) in [6.45, 7) is -1.42. The van der Waals surface area contributed by atoms with E-state index in [1.807, 2.05) is 13.0 Å². The van der Waals surface area contributed by atoms with E-state index < -0.39 is 12.5 Å².